The van der Waals surface area contributed by atoms with Crippen molar-refractivity contribution in [1.29, 1.82) is 0 Å². The predicted molar refractivity (Wildman–Crippen MR) is 35.3 cm³/mol. The van der Waals surface area contributed by atoms with Crippen molar-refractivity contribution in [2.45, 2.75) is 19.8 Å². The highest BCUT2D eigenvalue weighted by Crippen LogP contribution is 2.01. The maximum absolute atomic E-state index is 8.85. The van der Waals surface area contributed by atoms with E-state index in [9.17, 15) is 0 Å². The molecule has 0 saturated heterocycles. The molecule has 0 saturated carbocycles. The van der Waals surface area contributed by atoms with Gasteiger partial charge in [0.1, 0.15) is 6.61 Å². The van der Waals surface area contributed by atoms with E-state index in [-0.39, 0.29) is 13.2 Å². The standard InChI is InChI=1S/C6H14O4/c1-3-9-5-6(7,8)10-4-2/h7-8H,3-5H2,1-2H3. The Morgan fingerprint density at radius 1 is 1.20 bits per heavy atom. The summed E-state index contributed by atoms with van der Waals surface area (Å²) in [5.74, 6) is -2.12. The summed E-state index contributed by atoms with van der Waals surface area (Å²) >= 11 is 0. The van der Waals surface area contributed by atoms with Crippen LogP contribution in [0.5, 0.6) is 0 Å². The zero-order valence-corrected chi connectivity index (χ0v) is 6.33. The van der Waals surface area contributed by atoms with Crippen LogP contribution in [-0.2, 0) is 9.47 Å². The van der Waals surface area contributed by atoms with Crippen LogP contribution >= 0.6 is 0 Å². The van der Waals surface area contributed by atoms with Crippen molar-refractivity contribution in [3.63, 3.8) is 0 Å². The fraction of sp³-hybridized carbons (Fsp3) is 1.00. The van der Waals surface area contributed by atoms with Crippen molar-refractivity contribution < 1.29 is 19.7 Å². The van der Waals surface area contributed by atoms with Crippen LogP contribution in [0.1, 0.15) is 13.8 Å². The molecule has 0 atom stereocenters. The molecule has 0 rings (SSSR count). The van der Waals surface area contributed by atoms with Crippen LogP contribution in [0.2, 0.25) is 0 Å². The molecule has 2 N–H and O–H groups in total. The fourth-order valence-electron chi connectivity index (χ4n) is 0.508. The lowest BCUT2D eigenvalue weighted by atomic mass is 10.6. The van der Waals surface area contributed by atoms with Crippen LogP contribution in [0.15, 0.2) is 0 Å². The van der Waals surface area contributed by atoms with Crippen LogP contribution in [0.3, 0.4) is 0 Å². The first-order valence-corrected chi connectivity index (χ1v) is 3.29. The van der Waals surface area contributed by atoms with Crippen molar-refractivity contribution in [3.8, 4) is 0 Å². The normalized spacial score (nSPS) is 12.0. The van der Waals surface area contributed by atoms with E-state index >= 15 is 0 Å². The molecule has 62 valence electrons. The van der Waals surface area contributed by atoms with Gasteiger partial charge in [0.2, 0.25) is 0 Å². The van der Waals surface area contributed by atoms with Gasteiger partial charge >= 0.3 is 5.97 Å². The van der Waals surface area contributed by atoms with Crippen molar-refractivity contribution in [2.75, 3.05) is 19.8 Å². The molecule has 4 heteroatoms. The molecule has 0 aromatic rings. The molecule has 0 bridgehead atoms. The molecular formula is C6H14O4. The third kappa shape index (κ3) is 4.69. The summed E-state index contributed by atoms with van der Waals surface area (Å²) in [7, 11) is 0. The van der Waals surface area contributed by atoms with Crippen molar-refractivity contribution in [3.05, 3.63) is 0 Å². The van der Waals surface area contributed by atoms with Crippen LogP contribution in [0.25, 0.3) is 0 Å². The van der Waals surface area contributed by atoms with Gasteiger partial charge in [0, 0.05) is 13.2 Å². The summed E-state index contributed by atoms with van der Waals surface area (Å²) < 4.78 is 9.24. The van der Waals surface area contributed by atoms with E-state index in [0.717, 1.165) is 0 Å². The fourth-order valence-corrected chi connectivity index (χ4v) is 0.508. The van der Waals surface area contributed by atoms with Gasteiger partial charge < -0.3 is 19.7 Å². The molecule has 0 aliphatic carbocycles. The molecule has 0 fully saturated rings. The molecule has 0 spiro atoms. The molecule has 0 aromatic heterocycles. The summed E-state index contributed by atoms with van der Waals surface area (Å²) in [5.41, 5.74) is 0. The van der Waals surface area contributed by atoms with Crippen molar-refractivity contribution in [2.24, 2.45) is 0 Å². The molecule has 4 nitrogen and oxygen atoms in total. The zero-order valence-electron chi connectivity index (χ0n) is 6.33. The molecule has 0 aliphatic rings. The highest BCUT2D eigenvalue weighted by molar-refractivity contribution is 4.45. The summed E-state index contributed by atoms with van der Waals surface area (Å²) in [6.07, 6.45) is 0. The van der Waals surface area contributed by atoms with E-state index in [1.54, 1.807) is 13.8 Å². The predicted octanol–water partition coefficient (Wildman–Crippen LogP) is -0.302. The number of ether oxygens (including phenoxy) is 2. The molecule has 0 heterocycles. The van der Waals surface area contributed by atoms with Crippen LogP contribution < -0.4 is 0 Å². The minimum absolute atomic E-state index is 0.211. The summed E-state index contributed by atoms with van der Waals surface area (Å²) in [5, 5.41) is 17.7. The number of hydrogen-bond acceptors (Lipinski definition) is 4. The maximum Gasteiger partial charge on any atom is 0.302 e. The number of aliphatic hydroxyl groups is 2. The molecule has 0 radical (unpaired) electrons. The van der Waals surface area contributed by atoms with Crippen molar-refractivity contribution in [1.82, 2.24) is 0 Å². The topological polar surface area (TPSA) is 58.9 Å². The Labute approximate surface area is 60.4 Å². The monoisotopic (exact) mass is 150 g/mol. The third-order valence-electron chi connectivity index (χ3n) is 0.870. The van der Waals surface area contributed by atoms with Gasteiger partial charge in [-0.15, -0.1) is 0 Å². The van der Waals surface area contributed by atoms with E-state index in [0.29, 0.717) is 6.61 Å². The minimum atomic E-state index is -2.12. The number of hydrogen-bond donors (Lipinski definition) is 2. The second-order valence-electron chi connectivity index (χ2n) is 1.81. The quantitative estimate of drug-likeness (QED) is 0.528. The Balaban J connectivity index is 3.42. The molecule has 10 heavy (non-hydrogen) atoms. The molecule has 0 aliphatic heterocycles. The average Bonchev–Trinajstić information content (AvgIpc) is 1.84. The SMILES string of the molecule is CCOCC(O)(O)OCC. The Bertz CT molecular complexity index is 81.8. The first-order chi connectivity index (χ1) is 4.62. The van der Waals surface area contributed by atoms with Gasteiger partial charge in [0.25, 0.3) is 0 Å². The lowest BCUT2D eigenvalue weighted by Gasteiger charge is -2.19. The van der Waals surface area contributed by atoms with Crippen LogP contribution in [0, 0.1) is 0 Å². The second-order valence-corrected chi connectivity index (χ2v) is 1.81. The van der Waals surface area contributed by atoms with Gasteiger partial charge in [-0.2, -0.15) is 0 Å². The highest BCUT2D eigenvalue weighted by Gasteiger charge is 2.22. The Morgan fingerprint density at radius 3 is 2.20 bits per heavy atom. The Hall–Kier alpha value is -0.160. The first-order valence-electron chi connectivity index (χ1n) is 3.29. The van der Waals surface area contributed by atoms with Crippen LogP contribution in [0.4, 0.5) is 0 Å². The van der Waals surface area contributed by atoms with Gasteiger partial charge in [-0.3, -0.25) is 0 Å². The third-order valence-corrected chi connectivity index (χ3v) is 0.870. The molecular weight excluding hydrogens is 136 g/mol. The van der Waals surface area contributed by atoms with Gasteiger partial charge in [-0.25, -0.2) is 0 Å². The first kappa shape index (κ1) is 9.84. The largest absolute Gasteiger partial charge is 0.373 e. The zero-order chi connectivity index (χ0) is 8.04. The van der Waals surface area contributed by atoms with E-state index in [1.807, 2.05) is 0 Å². The van der Waals surface area contributed by atoms with E-state index < -0.39 is 5.97 Å². The Kier molecular flexibility index (Phi) is 4.55. The summed E-state index contributed by atoms with van der Waals surface area (Å²) in [4.78, 5) is 0. The summed E-state index contributed by atoms with van der Waals surface area (Å²) in [6.45, 7) is 3.92. The molecule has 0 unspecified atom stereocenters. The van der Waals surface area contributed by atoms with Gasteiger partial charge in [0.05, 0.1) is 0 Å². The molecule has 0 aromatic carbocycles. The minimum Gasteiger partial charge on any atom is -0.373 e. The van der Waals surface area contributed by atoms with Crippen molar-refractivity contribution >= 4 is 0 Å². The number of rotatable bonds is 5. The smallest absolute Gasteiger partial charge is 0.302 e. The van der Waals surface area contributed by atoms with Gasteiger partial charge in [-0.05, 0) is 13.8 Å². The average molecular weight is 150 g/mol. The highest BCUT2D eigenvalue weighted by atomic mass is 16.8. The second kappa shape index (κ2) is 4.62. The van der Waals surface area contributed by atoms with E-state index in [2.05, 4.69) is 4.74 Å². The lowest BCUT2D eigenvalue weighted by molar-refractivity contribution is -0.353. The Morgan fingerprint density at radius 2 is 1.80 bits per heavy atom. The summed E-state index contributed by atoms with van der Waals surface area (Å²) in [6, 6.07) is 0. The molecule has 0 amide bonds. The maximum atomic E-state index is 8.85. The van der Waals surface area contributed by atoms with E-state index in [4.69, 9.17) is 14.9 Å². The van der Waals surface area contributed by atoms with Gasteiger partial charge in [-0.1, -0.05) is 0 Å². The van der Waals surface area contributed by atoms with Gasteiger partial charge in [0.15, 0.2) is 0 Å². The lowest BCUT2D eigenvalue weighted by Crippen LogP contribution is -2.37. The van der Waals surface area contributed by atoms with Crippen LogP contribution in [-0.4, -0.2) is 36.0 Å². The van der Waals surface area contributed by atoms with E-state index in [1.165, 1.54) is 0 Å².